The van der Waals surface area contributed by atoms with E-state index in [1.807, 2.05) is 6.92 Å². The molecular formula is C15H19F3O4S2. The number of unbranched alkanes of at least 4 members (excludes halogenated alkanes) is 3. The van der Waals surface area contributed by atoms with Crippen LogP contribution in [0.3, 0.4) is 0 Å². The van der Waals surface area contributed by atoms with Crippen molar-refractivity contribution in [3.8, 4) is 0 Å². The lowest BCUT2D eigenvalue weighted by atomic mass is 10.1. The van der Waals surface area contributed by atoms with Gasteiger partial charge in [-0.3, -0.25) is 4.55 Å². The molecule has 1 aliphatic heterocycles. The molecule has 9 heteroatoms. The monoisotopic (exact) mass is 384 g/mol. The molecule has 1 aromatic carbocycles. The van der Waals surface area contributed by atoms with Crippen molar-refractivity contribution in [3.63, 3.8) is 0 Å². The van der Waals surface area contributed by atoms with Crippen LogP contribution in [0.1, 0.15) is 44.6 Å². The lowest BCUT2D eigenvalue weighted by molar-refractivity contribution is -0.0432. The molecule has 4 nitrogen and oxygen atoms in total. The number of hydrogen-bond donors (Lipinski definition) is 1. The Bertz CT molecular complexity index is 728. The largest absolute Gasteiger partial charge is 0.456 e. The number of alkyl halides is 3. The second-order valence-electron chi connectivity index (χ2n) is 5.46. The molecule has 0 bridgehead atoms. The molecule has 136 valence electrons. The summed E-state index contributed by atoms with van der Waals surface area (Å²) < 4.78 is 77.6. The Labute approximate surface area is 141 Å². The first-order valence-electron chi connectivity index (χ1n) is 7.49. The molecule has 0 amide bonds. The molecule has 0 saturated heterocycles. The highest BCUT2D eigenvalue weighted by Gasteiger charge is 2.60. The predicted molar refractivity (Wildman–Crippen MR) is 87.7 cm³/mol. The molecule has 0 aromatic heterocycles. The molecule has 0 aliphatic carbocycles. The molecule has 0 radical (unpaired) electrons. The minimum Gasteiger partial charge on any atom is -0.263 e. The molecule has 24 heavy (non-hydrogen) atoms. The van der Waals surface area contributed by atoms with Gasteiger partial charge in [-0.1, -0.05) is 44.4 Å². The van der Waals surface area contributed by atoms with Gasteiger partial charge < -0.3 is 0 Å². The molecule has 1 atom stereocenters. The normalized spacial score (nSPS) is 23.5. The molecule has 1 aliphatic rings. The fraction of sp³-hybridized carbons (Fsp3) is 0.467. The minimum atomic E-state index is -5.28. The van der Waals surface area contributed by atoms with E-state index in [0.29, 0.717) is 6.42 Å². The molecule has 2 rings (SSSR count). The zero-order valence-electron chi connectivity index (χ0n) is 13.0. The van der Waals surface area contributed by atoms with Crippen molar-refractivity contribution in [2.24, 2.45) is 0 Å². The van der Waals surface area contributed by atoms with E-state index in [2.05, 4.69) is 3.63 Å². The summed E-state index contributed by atoms with van der Waals surface area (Å²) in [6.07, 6.45) is 4.46. The van der Waals surface area contributed by atoms with Crippen LogP contribution in [0.5, 0.6) is 0 Å². The zero-order valence-corrected chi connectivity index (χ0v) is 14.7. The van der Waals surface area contributed by atoms with Crippen LogP contribution in [0, 0.1) is 0 Å². The van der Waals surface area contributed by atoms with Gasteiger partial charge >= 0.3 is 15.9 Å². The van der Waals surface area contributed by atoms with Gasteiger partial charge in [-0.25, -0.2) is 0 Å². The summed E-state index contributed by atoms with van der Waals surface area (Å²) in [6, 6.07) is 5.66. The lowest BCUT2D eigenvalue weighted by Gasteiger charge is -2.38. The van der Waals surface area contributed by atoms with Crippen molar-refractivity contribution in [1.29, 1.82) is 0 Å². The van der Waals surface area contributed by atoms with E-state index in [1.165, 1.54) is 24.3 Å². The maximum atomic E-state index is 13.9. The number of rotatable bonds is 7. The summed E-state index contributed by atoms with van der Waals surface area (Å²) in [5.41, 5.74) is -4.68. The fourth-order valence-corrected chi connectivity index (χ4v) is 6.99. The number of halogens is 3. The van der Waals surface area contributed by atoms with Crippen LogP contribution in [0.25, 0.3) is 6.08 Å². The van der Waals surface area contributed by atoms with Crippen LogP contribution >= 0.6 is 10.3 Å². The summed E-state index contributed by atoms with van der Waals surface area (Å²) in [4.78, 5) is -0.356. The summed E-state index contributed by atoms with van der Waals surface area (Å²) in [6.45, 7) is 1.98. The maximum Gasteiger partial charge on any atom is 0.456 e. The first-order valence-corrected chi connectivity index (χ1v) is 10.4. The highest BCUT2D eigenvalue weighted by atomic mass is 32.3. The smallest absolute Gasteiger partial charge is 0.263 e. The Morgan fingerprint density at radius 3 is 2.42 bits per heavy atom. The second kappa shape index (κ2) is 7.07. The highest BCUT2D eigenvalue weighted by Crippen LogP contribution is 2.78. The molecular weight excluding hydrogens is 365 g/mol. The van der Waals surface area contributed by atoms with Crippen LogP contribution in [0.15, 0.2) is 34.1 Å². The van der Waals surface area contributed by atoms with E-state index in [-0.39, 0.29) is 21.8 Å². The molecule has 1 heterocycles. The average Bonchev–Trinajstić information content (AvgIpc) is 2.77. The third-order valence-corrected chi connectivity index (χ3v) is 7.91. The second-order valence-corrected chi connectivity index (χ2v) is 9.40. The number of fused-ring (bicyclic) bond motifs is 1. The van der Waals surface area contributed by atoms with Gasteiger partial charge in [0.2, 0.25) is 0 Å². The topological polar surface area (TPSA) is 63.6 Å². The van der Waals surface area contributed by atoms with Crippen LogP contribution in [-0.2, 0) is 14.0 Å². The molecule has 0 fully saturated rings. The van der Waals surface area contributed by atoms with Crippen molar-refractivity contribution in [2.45, 2.75) is 49.4 Å². The van der Waals surface area contributed by atoms with Gasteiger partial charge in [0.1, 0.15) is 0 Å². The molecule has 1 N–H and O–H groups in total. The maximum absolute atomic E-state index is 13.9. The van der Waals surface area contributed by atoms with E-state index in [4.69, 9.17) is 4.55 Å². The van der Waals surface area contributed by atoms with Crippen LogP contribution in [-0.4, -0.2) is 18.5 Å². The number of allylic oxidation sites excluding steroid dienone is 1. The zero-order chi connectivity index (χ0) is 18.0. The first kappa shape index (κ1) is 19.3. The van der Waals surface area contributed by atoms with E-state index >= 15 is 0 Å². The van der Waals surface area contributed by atoms with Crippen molar-refractivity contribution in [3.05, 3.63) is 34.7 Å². The molecule has 0 spiro atoms. The quantitative estimate of drug-likeness (QED) is 0.503. The highest BCUT2D eigenvalue weighted by molar-refractivity contribution is 8.36. The standard InChI is InChI=1S/C15H19F3O4S2/c1-2-3-4-5-9-13-11-12-8-6-7-10-14(12)23(13,15(16,17)18)22-24(19,20)21/h6-8,10-11H,2-5,9H2,1H3,(H,19,20,21). The summed E-state index contributed by atoms with van der Waals surface area (Å²) in [5, 5.41) is 0. The van der Waals surface area contributed by atoms with Crippen LogP contribution in [0.4, 0.5) is 13.2 Å². The van der Waals surface area contributed by atoms with Crippen molar-refractivity contribution >= 4 is 26.8 Å². The van der Waals surface area contributed by atoms with Gasteiger partial charge in [-0.15, -0.1) is 0 Å². The summed E-state index contributed by atoms with van der Waals surface area (Å²) in [7, 11) is -9.58. The minimum absolute atomic E-state index is 0.0685. The van der Waals surface area contributed by atoms with Crippen molar-refractivity contribution in [1.82, 2.24) is 0 Å². The Kier molecular flexibility index (Phi) is 5.68. The van der Waals surface area contributed by atoms with Gasteiger partial charge in [0.25, 0.3) is 0 Å². The van der Waals surface area contributed by atoms with E-state index in [1.54, 1.807) is 6.07 Å². The van der Waals surface area contributed by atoms with Gasteiger partial charge in [0.15, 0.2) is 0 Å². The van der Waals surface area contributed by atoms with E-state index in [9.17, 15) is 21.6 Å². The summed E-state index contributed by atoms with van der Waals surface area (Å²) in [5.74, 6) is 0. The Morgan fingerprint density at radius 1 is 1.17 bits per heavy atom. The van der Waals surface area contributed by atoms with Gasteiger partial charge in [0, 0.05) is 20.1 Å². The Morgan fingerprint density at radius 2 is 1.83 bits per heavy atom. The predicted octanol–water partition coefficient (Wildman–Crippen LogP) is 5.43. The fourth-order valence-electron chi connectivity index (χ4n) is 2.72. The van der Waals surface area contributed by atoms with Crippen LogP contribution < -0.4 is 0 Å². The Hall–Kier alpha value is -1.03. The third-order valence-electron chi connectivity index (χ3n) is 3.71. The van der Waals surface area contributed by atoms with Gasteiger partial charge in [0.05, 0.1) is 0 Å². The van der Waals surface area contributed by atoms with E-state index < -0.39 is 26.2 Å². The van der Waals surface area contributed by atoms with Crippen LogP contribution in [0.2, 0.25) is 0 Å². The lowest BCUT2D eigenvalue weighted by Crippen LogP contribution is -2.26. The molecule has 1 aromatic rings. The van der Waals surface area contributed by atoms with Crippen molar-refractivity contribution < 1.29 is 29.8 Å². The average molecular weight is 384 g/mol. The van der Waals surface area contributed by atoms with E-state index in [0.717, 1.165) is 19.3 Å². The number of benzene rings is 1. The van der Waals surface area contributed by atoms with Gasteiger partial charge in [-0.2, -0.15) is 25.2 Å². The Balaban J connectivity index is 2.51. The summed E-state index contributed by atoms with van der Waals surface area (Å²) >= 11 is 0. The molecule has 1 unspecified atom stereocenters. The number of hydrogen-bond acceptors (Lipinski definition) is 3. The third kappa shape index (κ3) is 3.79. The first-order chi connectivity index (χ1) is 11.1. The SMILES string of the molecule is CCCCCCC1=Cc2ccccc2S1(OS(=O)(=O)O)C(F)(F)F. The van der Waals surface area contributed by atoms with Crippen molar-refractivity contribution in [2.75, 3.05) is 0 Å². The molecule has 0 saturated carbocycles. The van der Waals surface area contributed by atoms with Gasteiger partial charge in [-0.05, 0) is 30.5 Å².